The molecule has 5 unspecified atom stereocenters. The molecular formula is C21H39N5O7. The molecule has 5 atom stereocenters. The molecule has 0 rings (SSSR count). The van der Waals surface area contributed by atoms with Crippen LogP contribution in [0.2, 0.25) is 0 Å². The molecule has 0 fully saturated rings. The lowest BCUT2D eigenvalue weighted by atomic mass is 9.96. The van der Waals surface area contributed by atoms with E-state index < -0.39 is 60.2 Å². The summed E-state index contributed by atoms with van der Waals surface area (Å²) in [5.41, 5.74) is 11.1. The minimum absolute atomic E-state index is 0.221. The highest BCUT2D eigenvalue weighted by atomic mass is 16.4. The molecule has 33 heavy (non-hydrogen) atoms. The summed E-state index contributed by atoms with van der Waals surface area (Å²) >= 11 is 0. The zero-order valence-electron chi connectivity index (χ0n) is 19.8. The summed E-state index contributed by atoms with van der Waals surface area (Å²) in [6, 6.07) is -4.58. The number of nitrogens with one attached hydrogen (secondary N) is 3. The average molecular weight is 474 g/mol. The first-order valence-electron chi connectivity index (χ1n) is 11.2. The molecule has 0 bridgehead atoms. The highest BCUT2D eigenvalue weighted by molar-refractivity contribution is 5.94. The van der Waals surface area contributed by atoms with Gasteiger partial charge in [0.15, 0.2) is 0 Å². The third kappa shape index (κ3) is 11.1. The van der Waals surface area contributed by atoms with Gasteiger partial charge in [-0.3, -0.25) is 19.2 Å². The molecule has 0 aliphatic carbocycles. The van der Waals surface area contributed by atoms with E-state index in [1.807, 2.05) is 0 Å². The molecule has 0 aromatic carbocycles. The Balaban J connectivity index is 5.56. The zero-order chi connectivity index (χ0) is 25.7. The molecule has 0 aromatic heterocycles. The number of hydrogen-bond donors (Lipinski definition) is 7. The van der Waals surface area contributed by atoms with E-state index in [-0.39, 0.29) is 18.3 Å². The van der Waals surface area contributed by atoms with Crippen LogP contribution in [0.4, 0.5) is 0 Å². The van der Waals surface area contributed by atoms with Gasteiger partial charge in [0, 0.05) is 0 Å². The number of carboxylic acid groups (broad SMARTS) is 2. The number of hydrogen-bond acceptors (Lipinski definition) is 7. The van der Waals surface area contributed by atoms with Crippen molar-refractivity contribution in [1.82, 2.24) is 16.0 Å². The summed E-state index contributed by atoms with van der Waals surface area (Å²) in [5.74, 6) is -5.27. The number of carbonyl (C=O) groups excluding carboxylic acids is 3. The van der Waals surface area contributed by atoms with Crippen LogP contribution in [0.1, 0.15) is 59.8 Å². The van der Waals surface area contributed by atoms with E-state index in [0.29, 0.717) is 25.8 Å². The Morgan fingerprint density at radius 3 is 1.88 bits per heavy atom. The molecule has 0 heterocycles. The van der Waals surface area contributed by atoms with Gasteiger partial charge in [-0.05, 0) is 37.6 Å². The molecule has 3 amide bonds. The lowest BCUT2D eigenvalue weighted by Crippen LogP contribution is -2.59. The number of nitrogens with two attached hydrogens (primary N) is 2. The van der Waals surface area contributed by atoms with Crippen molar-refractivity contribution in [3.8, 4) is 0 Å². The van der Waals surface area contributed by atoms with Crippen LogP contribution in [0, 0.1) is 11.8 Å². The van der Waals surface area contributed by atoms with Gasteiger partial charge in [0.2, 0.25) is 17.7 Å². The van der Waals surface area contributed by atoms with Crippen molar-refractivity contribution in [3.05, 3.63) is 0 Å². The molecule has 0 saturated carbocycles. The fourth-order valence-electron chi connectivity index (χ4n) is 3.03. The van der Waals surface area contributed by atoms with Crippen LogP contribution in [0.5, 0.6) is 0 Å². The number of unbranched alkanes of at least 4 members (excludes halogenated alkanes) is 1. The molecular weight excluding hydrogens is 434 g/mol. The van der Waals surface area contributed by atoms with E-state index in [1.165, 1.54) is 0 Å². The van der Waals surface area contributed by atoms with Crippen LogP contribution in [0.25, 0.3) is 0 Å². The van der Waals surface area contributed by atoms with E-state index >= 15 is 0 Å². The molecule has 12 heteroatoms. The third-order valence-corrected chi connectivity index (χ3v) is 5.33. The van der Waals surface area contributed by atoms with E-state index in [1.54, 1.807) is 27.7 Å². The van der Waals surface area contributed by atoms with Crippen molar-refractivity contribution in [2.45, 2.75) is 84.0 Å². The average Bonchev–Trinajstić information content (AvgIpc) is 2.72. The lowest BCUT2D eigenvalue weighted by Gasteiger charge is -2.28. The summed E-state index contributed by atoms with van der Waals surface area (Å²) in [6.07, 6.45) is 1.24. The fourth-order valence-corrected chi connectivity index (χ4v) is 3.03. The Morgan fingerprint density at radius 1 is 0.848 bits per heavy atom. The lowest BCUT2D eigenvalue weighted by molar-refractivity contribution is -0.143. The van der Waals surface area contributed by atoms with E-state index in [4.69, 9.17) is 16.6 Å². The molecule has 9 N–H and O–H groups in total. The first kappa shape index (κ1) is 30.3. The van der Waals surface area contributed by atoms with Gasteiger partial charge in [-0.1, -0.05) is 34.1 Å². The van der Waals surface area contributed by atoms with Gasteiger partial charge in [-0.2, -0.15) is 0 Å². The summed E-state index contributed by atoms with van der Waals surface area (Å²) in [7, 11) is 0. The van der Waals surface area contributed by atoms with Crippen LogP contribution >= 0.6 is 0 Å². The zero-order valence-corrected chi connectivity index (χ0v) is 19.8. The number of rotatable bonds is 16. The van der Waals surface area contributed by atoms with Gasteiger partial charge in [-0.15, -0.1) is 0 Å². The molecule has 0 aliphatic rings. The van der Waals surface area contributed by atoms with Gasteiger partial charge in [0.05, 0.1) is 12.5 Å². The highest BCUT2D eigenvalue weighted by Crippen LogP contribution is 2.11. The van der Waals surface area contributed by atoms with Gasteiger partial charge in [-0.25, -0.2) is 4.79 Å². The third-order valence-electron chi connectivity index (χ3n) is 5.33. The van der Waals surface area contributed by atoms with Gasteiger partial charge >= 0.3 is 11.9 Å². The van der Waals surface area contributed by atoms with E-state index in [0.717, 1.165) is 0 Å². The van der Waals surface area contributed by atoms with Gasteiger partial charge < -0.3 is 37.6 Å². The monoisotopic (exact) mass is 473 g/mol. The van der Waals surface area contributed by atoms with E-state index in [9.17, 15) is 29.1 Å². The fraction of sp³-hybridized carbons (Fsp3) is 0.762. The van der Waals surface area contributed by atoms with Crippen molar-refractivity contribution in [2.75, 3.05) is 6.54 Å². The molecule has 12 nitrogen and oxygen atoms in total. The van der Waals surface area contributed by atoms with Crippen LogP contribution in [-0.2, 0) is 24.0 Å². The predicted molar refractivity (Wildman–Crippen MR) is 121 cm³/mol. The number of carboxylic acids is 2. The van der Waals surface area contributed by atoms with Crippen molar-refractivity contribution in [1.29, 1.82) is 0 Å². The maximum Gasteiger partial charge on any atom is 0.326 e. The Labute approximate surface area is 194 Å². The van der Waals surface area contributed by atoms with Crippen LogP contribution < -0.4 is 27.4 Å². The largest absolute Gasteiger partial charge is 0.481 e. The quantitative estimate of drug-likeness (QED) is 0.139. The summed E-state index contributed by atoms with van der Waals surface area (Å²) in [6.45, 7) is 7.21. The molecule has 0 saturated heterocycles. The first-order valence-corrected chi connectivity index (χ1v) is 11.2. The predicted octanol–water partition coefficient (Wildman–Crippen LogP) is -0.841. The van der Waals surface area contributed by atoms with Crippen LogP contribution in [-0.4, -0.2) is 70.6 Å². The SMILES string of the molecule is CCC(C)C(NC(=O)C(N)CC(=O)O)C(=O)NC(CCCCN)C(=O)NC(C(=O)O)C(C)C. The van der Waals surface area contributed by atoms with Crippen molar-refractivity contribution in [3.63, 3.8) is 0 Å². The number of amides is 3. The smallest absolute Gasteiger partial charge is 0.326 e. The number of aliphatic carboxylic acids is 2. The second-order valence-electron chi connectivity index (χ2n) is 8.49. The van der Waals surface area contributed by atoms with Gasteiger partial charge in [0.25, 0.3) is 0 Å². The molecule has 0 aliphatic heterocycles. The second-order valence-corrected chi connectivity index (χ2v) is 8.49. The van der Waals surface area contributed by atoms with E-state index in [2.05, 4.69) is 16.0 Å². The Bertz CT molecular complexity index is 686. The Morgan fingerprint density at radius 2 is 1.42 bits per heavy atom. The number of carbonyl (C=O) groups is 5. The normalized spacial score (nSPS) is 15.6. The summed E-state index contributed by atoms with van der Waals surface area (Å²) in [5, 5.41) is 25.7. The molecule has 0 radical (unpaired) electrons. The van der Waals surface area contributed by atoms with Crippen LogP contribution in [0.3, 0.4) is 0 Å². The maximum atomic E-state index is 13.0. The topological polar surface area (TPSA) is 214 Å². The van der Waals surface area contributed by atoms with Crippen LogP contribution in [0.15, 0.2) is 0 Å². The van der Waals surface area contributed by atoms with Gasteiger partial charge in [0.1, 0.15) is 18.1 Å². The summed E-state index contributed by atoms with van der Waals surface area (Å²) < 4.78 is 0. The standard InChI is InChI=1S/C21H39N5O7/c1-5-12(4)17(26-18(29)13(23)10-15(27)28)20(31)24-14(8-6-7-9-22)19(30)25-16(11(2)3)21(32)33/h11-14,16-17H,5-10,22-23H2,1-4H3,(H,24,31)(H,25,30)(H,26,29)(H,27,28)(H,32,33). The highest BCUT2D eigenvalue weighted by Gasteiger charge is 2.33. The van der Waals surface area contributed by atoms with Crippen molar-refractivity contribution >= 4 is 29.7 Å². The molecule has 0 spiro atoms. The summed E-state index contributed by atoms with van der Waals surface area (Å²) in [4.78, 5) is 60.4. The minimum atomic E-state index is -1.34. The van der Waals surface area contributed by atoms with Crippen molar-refractivity contribution in [2.24, 2.45) is 23.3 Å². The Kier molecular flexibility index (Phi) is 13.9. The Hall–Kier alpha value is -2.73. The first-order chi connectivity index (χ1) is 15.3. The second kappa shape index (κ2) is 15.2. The molecule has 0 aromatic rings. The maximum absolute atomic E-state index is 13.0. The van der Waals surface area contributed by atoms with Crippen molar-refractivity contribution < 1.29 is 34.2 Å². The molecule has 190 valence electrons. The minimum Gasteiger partial charge on any atom is -0.481 e.